The minimum atomic E-state index is 0.776. The Morgan fingerprint density at radius 1 is 1.47 bits per heavy atom. The molecule has 1 fully saturated rings. The summed E-state index contributed by atoms with van der Waals surface area (Å²) in [5, 5.41) is 11.3. The molecular weight excluding hydrogens is 242 g/mol. The zero-order valence-electron chi connectivity index (χ0n) is 12.0. The molecule has 0 bridgehead atoms. The third kappa shape index (κ3) is 4.89. The van der Waals surface area contributed by atoms with Crippen molar-refractivity contribution < 1.29 is 4.74 Å². The van der Waals surface area contributed by atoms with Crippen LogP contribution < -0.4 is 5.32 Å². The lowest BCUT2D eigenvalue weighted by Gasteiger charge is -2.26. The lowest BCUT2D eigenvalue weighted by Crippen LogP contribution is -2.31. The highest BCUT2D eigenvalue weighted by Crippen LogP contribution is 2.15. The monoisotopic (exact) mass is 267 g/mol. The van der Waals surface area contributed by atoms with Crippen LogP contribution in [0.25, 0.3) is 0 Å². The van der Waals surface area contributed by atoms with Crippen LogP contribution in [0.2, 0.25) is 0 Å². The van der Waals surface area contributed by atoms with Crippen LogP contribution in [0, 0.1) is 5.92 Å². The molecule has 0 spiro atoms. The fourth-order valence-electron chi connectivity index (χ4n) is 2.44. The zero-order valence-corrected chi connectivity index (χ0v) is 12.0. The van der Waals surface area contributed by atoms with Gasteiger partial charge in [-0.3, -0.25) is 4.68 Å². The summed E-state index contributed by atoms with van der Waals surface area (Å²) in [6.07, 6.45) is 4.40. The number of rotatable bonds is 7. The maximum Gasteiger partial charge on any atom is 0.0964 e. The number of hydrogen-bond donors (Lipinski definition) is 1. The highest BCUT2D eigenvalue weighted by atomic mass is 16.5. The van der Waals surface area contributed by atoms with Crippen molar-refractivity contribution in [3.8, 4) is 0 Å². The Morgan fingerprint density at radius 2 is 2.26 bits per heavy atom. The van der Waals surface area contributed by atoms with Crippen LogP contribution in [-0.2, 0) is 17.8 Å². The summed E-state index contributed by atoms with van der Waals surface area (Å²) in [7, 11) is 4.10. The average molecular weight is 267 g/mol. The molecule has 1 aliphatic rings. The quantitative estimate of drug-likeness (QED) is 0.773. The fourth-order valence-corrected chi connectivity index (χ4v) is 2.44. The molecule has 1 aliphatic heterocycles. The Hall–Kier alpha value is -0.980. The average Bonchev–Trinajstić information content (AvgIpc) is 2.86. The largest absolute Gasteiger partial charge is 0.381 e. The molecule has 0 atom stereocenters. The first kappa shape index (κ1) is 14.4. The molecule has 1 N–H and O–H groups in total. The molecule has 0 aliphatic carbocycles. The molecule has 0 radical (unpaired) electrons. The van der Waals surface area contributed by atoms with Gasteiger partial charge in [0.05, 0.1) is 12.2 Å². The van der Waals surface area contributed by atoms with E-state index in [-0.39, 0.29) is 0 Å². The van der Waals surface area contributed by atoms with Gasteiger partial charge in [-0.05, 0) is 32.9 Å². The van der Waals surface area contributed by atoms with Gasteiger partial charge < -0.3 is 15.0 Å². The normalized spacial score (nSPS) is 17.2. The van der Waals surface area contributed by atoms with Crippen LogP contribution in [0.4, 0.5) is 0 Å². The van der Waals surface area contributed by atoms with Crippen LogP contribution >= 0.6 is 0 Å². The Balaban J connectivity index is 1.68. The molecule has 2 heterocycles. The molecule has 0 unspecified atom stereocenters. The number of likely N-dealkylation sites (N-methyl/N-ethyl adjacent to an activating group) is 1. The Bertz CT molecular complexity index is 362. The molecule has 1 saturated heterocycles. The van der Waals surface area contributed by atoms with Crippen molar-refractivity contribution in [2.45, 2.75) is 25.9 Å². The number of nitrogens with zero attached hydrogens (tertiary/aromatic N) is 4. The van der Waals surface area contributed by atoms with Gasteiger partial charge in [-0.15, -0.1) is 5.10 Å². The van der Waals surface area contributed by atoms with Crippen LogP contribution in [0.5, 0.6) is 0 Å². The summed E-state index contributed by atoms with van der Waals surface area (Å²) in [4.78, 5) is 2.38. The molecule has 0 amide bonds. The van der Waals surface area contributed by atoms with Crippen molar-refractivity contribution in [1.82, 2.24) is 25.2 Å². The highest BCUT2D eigenvalue weighted by Gasteiger charge is 2.15. The van der Waals surface area contributed by atoms with Gasteiger partial charge in [-0.1, -0.05) is 5.21 Å². The molecule has 19 heavy (non-hydrogen) atoms. The first-order valence-corrected chi connectivity index (χ1v) is 7.08. The van der Waals surface area contributed by atoms with E-state index >= 15 is 0 Å². The van der Waals surface area contributed by atoms with Gasteiger partial charge in [0.25, 0.3) is 0 Å². The first-order chi connectivity index (χ1) is 9.28. The van der Waals surface area contributed by atoms with Gasteiger partial charge >= 0.3 is 0 Å². The van der Waals surface area contributed by atoms with Crippen LogP contribution in [0.15, 0.2) is 6.20 Å². The molecule has 1 aromatic heterocycles. The molecule has 108 valence electrons. The summed E-state index contributed by atoms with van der Waals surface area (Å²) in [5.41, 5.74) is 0.995. The van der Waals surface area contributed by atoms with Gasteiger partial charge in [0, 0.05) is 39.0 Å². The maximum absolute atomic E-state index is 5.39. The third-order valence-corrected chi connectivity index (χ3v) is 3.57. The second-order valence-electron chi connectivity index (χ2n) is 5.32. The van der Waals surface area contributed by atoms with E-state index in [1.807, 2.05) is 17.9 Å². The molecule has 2 rings (SSSR count). The van der Waals surface area contributed by atoms with Gasteiger partial charge in [0.1, 0.15) is 0 Å². The van der Waals surface area contributed by atoms with Crippen LogP contribution in [0.3, 0.4) is 0 Å². The van der Waals surface area contributed by atoms with E-state index in [9.17, 15) is 0 Å². The van der Waals surface area contributed by atoms with Gasteiger partial charge in [-0.2, -0.15) is 0 Å². The predicted molar refractivity (Wildman–Crippen MR) is 73.8 cm³/mol. The Labute approximate surface area is 115 Å². The standard InChI is InChI=1S/C13H25N5O/c1-14-9-13-11-18(16-15-13)6-5-17(2)10-12-3-7-19-8-4-12/h11-12,14H,3-10H2,1-2H3. The molecule has 6 nitrogen and oxygen atoms in total. The lowest BCUT2D eigenvalue weighted by atomic mass is 10.00. The van der Waals surface area contributed by atoms with Crippen LogP contribution in [0.1, 0.15) is 18.5 Å². The van der Waals surface area contributed by atoms with E-state index in [1.165, 1.54) is 12.8 Å². The second kappa shape index (κ2) is 7.57. The fraction of sp³-hybridized carbons (Fsp3) is 0.846. The zero-order chi connectivity index (χ0) is 13.5. The highest BCUT2D eigenvalue weighted by molar-refractivity contribution is 4.91. The van der Waals surface area contributed by atoms with E-state index < -0.39 is 0 Å². The van der Waals surface area contributed by atoms with Crippen molar-refractivity contribution in [3.63, 3.8) is 0 Å². The lowest BCUT2D eigenvalue weighted by molar-refractivity contribution is 0.0553. The summed E-state index contributed by atoms with van der Waals surface area (Å²) in [5.74, 6) is 0.786. The number of hydrogen-bond acceptors (Lipinski definition) is 5. The van der Waals surface area contributed by atoms with Crippen molar-refractivity contribution in [2.75, 3.05) is 40.4 Å². The third-order valence-electron chi connectivity index (χ3n) is 3.57. The summed E-state index contributed by atoms with van der Waals surface area (Å²) in [6.45, 7) is 5.69. The molecule has 1 aromatic rings. The van der Waals surface area contributed by atoms with Crippen molar-refractivity contribution >= 4 is 0 Å². The van der Waals surface area contributed by atoms with Crippen molar-refractivity contribution in [1.29, 1.82) is 0 Å². The molecule has 0 aromatic carbocycles. The Morgan fingerprint density at radius 3 is 3.00 bits per heavy atom. The molecular formula is C13H25N5O. The van der Waals surface area contributed by atoms with Crippen molar-refractivity contribution in [2.24, 2.45) is 5.92 Å². The van der Waals surface area contributed by atoms with E-state index in [0.29, 0.717) is 0 Å². The number of aromatic nitrogens is 3. The maximum atomic E-state index is 5.39. The van der Waals surface area contributed by atoms with E-state index in [2.05, 4.69) is 27.6 Å². The van der Waals surface area contributed by atoms with Gasteiger partial charge in [-0.25, -0.2) is 0 Å². The topological polar surface area (TPSA) is 55.2 Å². The molecule has 0 saturated carbocycles. The van der Waals surface area contributed by atoms with Gasteiger partial charge in [0.2, 0.25) is 0 Å². The summed E-state index contributed by atoms with van der Waals surface area (Å²) < 4.78 is 7.31. The molecule has 6 heteroatoms. The minimum Gasteiger partial charge on any atom is -0.381 e. The smallest absolute Gasteiger partial charge is 0.0964 e. The summed E-state index contributed by atoms with van der Waals surface area (Å²) in [6, 6.07) is 0. The predicted octanol–water partition coefficient (Wildman–Crippen LogP) is 0.356. The van der Waals surface area contributed by atoms with E-state index in [0.717, 1.165) is 51.0 Å². The van der Waals surface area contributed by atoms with Gasteiger partial charge in [0.15, 0.2) is 0 Å². The van der Waals surface area contributed by atoms with E-state index in [1.54, 1.807) is 0 Å². The van der Waals surface area contributed by atoms with E-state index in [4.69, 9.17) is 4.74 Å². The minimum absolute atomic E-state index is 0.776. The summed E-state index contributed by atoms with van der Waals surface area (Å²) >= 11 is 0. The number of nitrogens with one attached hydrogen (secondary N) is 1. The number of ether oxygens (including phenoxy) is 1. The second-order valence-corrected chi connectivity index (χ2v) is 5.32. The van der Waals surface area contributed by atoms with Crippen molar-refractivity contribution in [3.05, 3.63) is 11.9 Å². The van der Waals surface area contributed by atoms with Crippen LogP contribution in [-0.4, -0.2) is 60.3 Å². The first-order valence-electron chi connectivity index (χ1n) is 7.08. The SMILES string of the molecule is CNCc1cn(CCN(C)CC2CCOCC2)nn1. The Kier molecular flexibility index (Phi) is 5.75.